The van der Waals surface area contributed by atoms with Gasteiger partial charge in [0.05, 0.1) is 12.6 Å². The molecule has 3 amide bonds. The molecule has 0 bridgehead atoms. The Kier molecular flexibility index (Phi) is 12.5. The summed E-state index contributed by atoms with van der Waals surface area (Å²) in [5.41, 5.74) is 0.768. The minimum Gasteiger partial charge on any atom is -0.383 e. The second-order valence-corrected chi connectivity index (χ2v) is 12.0. The molecule has 1 aromatic rings. The Labute approximate surface area is 238 Å². The first kappa shape index (κ1) is 33.2. The van der Waals surface area contributed by atoms with Crippen molar-refractivity contribution in [3.63, 3.8) is 0 Å². The van der Waals surface area contributed by atoms with Crippen LogP contribution >= 0.6 is 0 Å². The van der Waals surface area contributed by atoms with Crippen LogP contribution in [-0.2, 0) is 30.3 Å². The molecule has 9 nitrogen and oxygen atoms in total. The van der Waals surface area contributed by atoms with Crippen LogP contribution in [0.25, 0.3) is 0 Å². The summed E-state index contributed by atoms with van der Waals surface area (Å²) in [5, 5.41) is 18.6. The molecular formula is C31H47N3O6. The Morgan fingerprint density at radius 2 is 1.40 bits per heavy atom. The number of carbonyl (C=O) groups is 4. The molecule has 9 heteroatoms. The molecule has 1 saturated heterocycles. The lowest BCUT2D eigenvalue weighted by molar-refractivity contribution is -0.136. The number of Topliss-reactive ketones (excluding diaryl/α,β-unsaturated/α-hetero) is 1. The van der Waals surface area contributed by atoms with Crippen LogP contribution in [0.5, 0.6) is 0 Å². The van der Waals surface area contributed by atoms with Crippen LogP contribution in [0, 0.1) is 11.8 Å². The van der Waals surface area contributed by atoms with Gasteiger partial charge in [0.1, 0.15) is 23.8 Å². The molecule has 1 fully saturated rings. The third kappa shape index (κ3) is 10.8. The summed E-state index contributed by atoms with van der Waals surface area (Å²) in [6, 6.07) is 6.55. The highest BCUT2D eigenvalue weighted by atomic mass is 16.6. The lowest BCUT2D eigenvalue weighted by Crippen LogP contribution is -2.58. The van der Waals surface area contributed by atoms with E-state index >= 15 is 0 Å². The zero-order valence-electron chi connectivity index (χ0n) is 24.8. The fourth-order valence-corrected chi connectivity index (χ4v) is 4.41. The number of aliphatic hydroxyl groups is 1. The van der Waals surface area contributed by atoms with Gasteiger partial charge in [0.25, 0.3) is 0 Å². The van der Waals surface area contributed by atoms with Crippen LogP contribution in [0.4, 0.5) is 0 Å². The van der Waals surface area contributed by atoms with Gasteiger partial charge in [-0.05, 0) is 56.9 Å². The number of carbonyl (C=O) groups excluding carboxylic acids is 4. The molecule has 1 aliphatic heterocycles. The summed E-state index contributed by atoms with van der Waals surface area (Å²) in [4.78, 5) is 52.9. The SMILES string of the molecule is C=C(C)CC[C@H](O)C(=O)N[C@@H](CC(C)C)C(=O)N[C@@H](Cc1ccccc1)C(=O)N[C@@H](CC(C)C)C(=O)[C@@]1(C)CO1. The van der Waals surface area contributed by atoms with Gasteiger partial charge >= 0.3 is 0 Å². The quantitative estimate of drug-likeness (QED) is 0.172. The van der Waals surface area contributed by atoms with Crippen molar-refractivity contribution in [3.05, 3.63) is 48.0 Å². The summed E-state index contributed by atoms with van der Waals surface area (Å²) in [5.74, 6) is -1.66. The standard InChI is InChI=1S/C31H47N3O6/c1-19(2)13-14-26(35)30(39)34-24(16-21(5)6)28(37)33-25(17-22-11-9-8-10-12-22)29(38)32-23(15-20(3)4)27(36)31(7)18-40-31/h8-12,20-21,23-26,35H,1,13-18H2,2-7H3,(H,32,38)(H,33,37)(H,34,39)/t23-,24-,25-,26-,31+/m0/s1. The third-order valence-corrected chi connectivity index (χ3v) is 6.84. The number of hydrogen-bond acceptors (Lipinski definition) is 6. The highest BCUT2D eigenvalue weighted by molar-refractivity contribution is 5.98. The van der Waals surface area contributed by atoms with Crippen LogP contribution < -0.4 is 16.0 Å². The van der Waals surface area contributed by atoms with Crippen molar-refractivity contribution in [2.75, 3.05) is 6.61 Å². The highest BCUT2D eigenvalue weighted by Gasteiger charge is 2.50. The van der Waals surface area contributed by atoms with E-state index in [9.17, 15) is 24.3 Å². The van der Waals surface area contributed by atoms with Gasteiger partial charge in [0.2, 0.25) is 17.7 Å². The predicted octanol–water partition coefficient (Wildman–Crippen LogP) is 2.85. The fourth-order valence-electron chi connectivity index (χ4n) is 4.41. The Bertz CT molecular complexity index is 1030. The Hall–Kier alpha value is -3.04. The number of ketones is 1. The van der Waals surface area contributed by atoms with E-state index in [1.807, 2.05) is 65.0 Å². The average Bonchev–Trinajstić information content (AvgIpc) is 3.63. The Morgan fingerprint density at radius 3 is 1.93 bits per heavy atom. The van der Waals surface area contributed by atoms with Crippen molar-refractivity contribution >= 4 is 23.5 Å². The van der Waals surface area contributed by atoms with Gasteiger partial charge in [-0.25, -0.2) is 0 Å². The largest absolute Gasteiger partial charge is 0.383 e. The number of nitrogens with one attached hydrogen (secondary N) is 3. The van der Waals surface area contributed by atoms with E-state index in [0.29, 0.717) is 25.9 Å². The first-order chi connectivity index (χ1) is 18.7. The number of allylic oxidation sites excluding steroid dienone is 1. The first-order valence-corrected chi connectivity index (χ1v) is 14.2. The molecule has 0 aromatic heterocycles. The number of amides is 3. The highest BCUT2D eigenvalue weighted by Crippen LogP contribution is 2.29. The van der Waals surface area contributed by atoms with E-state index in [-0.39, 0.29) is 30.5 Å². The number of hydrogen-bond donors (Lipinski definition) is 4. The molecule has 0 radical (unpaired) electrons. The Morgan fingerprint density at radius 1 is 0.900 bits per heavy atom. The predicted molar refractivity (Wildman–Crippen MR) is 154 cm³/mol. The molecule has 4 N–H and O–H groups in total. The fraction of sp³-hybridized carbons (Fsp3) is 0.613. The molecular weight excluding hydrogens is 510 g/mol. The van der Waals surface area contributed by atoms with Gasteiger partial charge in [-0.15, -0.1) is 6.58 Å². The molecule has 0 aliphatic carbocycles. The Balaban J connectivity index is 2.23. The molecule has 0 saturated carbocycles. The van der Waals surface area contributed by atoms with Gasteiger partial charge in [-0.1, -0.05) is 63.6 Å². The maximum atomic E-state index is 13.6. The van der Waals surface area contributed by atoms with Crippen molar-refractivity contribution < 1.29 is 29.0 Å². The summed E-state index contributed by atoms with van der Waals surface area (Å²) >= 11 is 0. The third-order valence-electron chi connectivity index (χ3n) is 6.84. The van der Waals surface area contributed by atoms with Gasteiger partial charge in [-0.3, -0.25) is 19.2 Å². The molecule has 40 heavy (non-hydrogen) atoms. The van der Waals surface area contributed by atoms with Crippen molar-refractivity contribution in [2.45, 2.75) is 103 Å². The van der Waals surface area contributed by atoms with E-state index in [2.05, 4.69) is 22.5 Å². The summed E-state index contributed by atoms with van der Waals surface area (Å²) in [7, 11) is 0. The van der Waals surface area contributed by atoms with Gasteiger partial charge in [-0.2, -0.15) is 0 Å². The maximum absolute atomic E-state index is 13.6. The normalized spacial score (nSPS) is 19.3. The van der Waals surface area contributed by atoms with Crippen molar-refractivity contribution in [1.29, 1.82) is 0 Å². The molecule has 2 rings (SSSR count). The minimum absolute atomic E-state index is 0.0531. The van der Waals surface area contributed by atoms with Crippen molar-refractivity contribution in [1.82, 2.24) is 16.0 Å². The molecule has 222 valence electrons. The molecule has 1 heterocycles. The maximum Gasteiger partial charge on any atom is 0.249 e. The molecule has 0 unspecified atom stereocenters. The molecule has 1 aliphatic rings. The topological polar surface area (TPSA) is 137 Å². The van der Waals surface area contributed by atoms with E-state index in [0.717, 1.165) is 11.1 Å². The number of ether oxygens (including phenoxy) is 1. The van der Waals surface area contributed by atoms with E-state index < -0.39 is 47.6 Å². The molecule has 0 spiro atoms. The van der Waals surface area contributed by atoms with E-state index in [4.69, 9.17) is 4.74 Å². The van der Waals surface area contributed by atoms with Crippen LogP contribution in [0.2, 0.25) is 0 Å². The van der Waals surface area contributed by atoms with Crippen molar-refractivity contribution in [2.24, 2.45) is 11.8 Å². The second-order valence-electron chi connectivity index (χ2n) is 12.0. The second kappa shape index (κ2) is 15.1. The van der Waals surface area contributed by atoms with Crippen LogP contribution in [0.1, 0.15) is 72.8 Å². The smallest absolute Gasteiger partial charge is 0.249 e. The minimum atomic E-state index is -1.28. The summed E-state index contributed by atoms with van der Waals surface area (Å²) in [6.45, 7) is 15.4. The van der Waals surface area contributed by atoms with Crippen molar-refractivity contribution in [3.8, 4) is 0 Å². The van der Waals surface area contributed by atoms with Crippen LogP contribution in [0.3, 0.4) is 0 Å². The van der Waals surface area contributed by atoms with E-state index in [1.165, 1.54) is 0 Å². The zero-order chi connectivity index (χ0) is 30.0. The zero-order valence-corrected chi connectivity index (χ0v) is 24.8. The van der Waals surface area contributed by atoms with E-state index in [1.54, 1.807) is 6.92 Å². The van der Waals surface area contributed by atoms with Crippen LogP contribution in [0.15, 0.2) is 42.5 Å². The molecule has 5 atom stereocenters. The number of epoxide rings is 1. The number of rotatable bonds is 17. The molecule has 1 aromatic carbocycles. The summed E-state index contributed by atoms with van der Waals surface area (Å²) < 4.78 is 5.34. The van der Waals surface area contributed by atoms with Gasteiger partial charge in [0.15, 0.2) is 5.78 Å². The van der Waals surface area contributed by atoms with Gasteiger partial charge in [0, 0.05) is 6.42 Å². The number of aliphatic hydroxyl groups excluding tert-OH is 1. The van der Waals surface area contributed by atoms with Gasteiger partial charge < -0.3 is 25.8 Å². The lowest BCUT2D eigenvalue weighted by atomic mass is 9.93. The number of benzene rings is 1. The van der Waals surface area contributed by atoms with Crippen LogP contribution in [-0.4, -0.2) is 65.0 Å². The first-order valence-electron chi connectivity index (χ1n) is 14.2. The summed E-state index contributed by atoms with van der Waals surface area (Å²) in [6.07, 6.45) is 0.340. The monoisotopic (exact) mass is 557 g/mol. The average molecular weight is 558 g/mol. The lowest BCUT2D eigenvalue weighted by Gasteiger charge is -2.27.